The first-order valence-electron chi connectivity index (χ1n) is 12.8. The number of carbonyl (C=O) groups is 1. The van der Waals surface area contributed by atoms with E-state index in [0.717, 1.165) is 36.7 Å². The van der Waals surface area contributed by atoms with Crippen LogP contribution in [0.2, 0.25) is 0 Å². The molecule has 0 saturated heterocycles. The first kappa shape index (κ1) is 25.2. The van der Waals surface area contributed by atoms with Gasteiger partial charge in [-0.2, -0.15) is 5.26 Å². The largest absolute Gasteiger partial charge is 0.493 e. The average Bonchev–Trinajstić information content (AvgIpc) is 2.88. The lowest BCUT2D eigenvalue weighted by atomic mass is 9.69. The Morgan fingerprint density at radius 1 is 0.886 bits per heavy atom. The van der Waals surface area contributed by atoms with Crippen molar-refractivity contribution >= 4 is 5.97 Å². The van der Waals surface area contributed by atoms with Gasteiger partial charge in [-0.3, -0.25) is 0 Å². The van der Waals surface area contributed by atoms with Gasteiger partial charge in [0.15, 0.2) is 0 Å². The summed E-state index contributed by atoms with van der Waals surface area (Å²) in [7, 11) is 0. The summed E-state index contributed by atoms with van der Waals surface area (Å²) in [6.45, 7) is 2.85. The Kier molecular flexibility index (Phi) is 8.38. The molecule has 0 spiro atoms. The van der Waals surface area contributed by atoms with Crippen molar-refractivity contribution in [2.75, 3.05) is 6.61 Å². The number of rotatable bonds is 7. The van der Waals surface area contributed by atoms with Gasteiger partial charge in [0.05, 0.1) is 17.7 Å². The number of hydrogen-bond donors (Lipinski definition) is 0. The van der Waals surface area contributed by atoms with E-state index in [4.69, 9.17) is 14.7 Å². The first-order chi connectivity index (χ1) is 17.0. The van der Waals surface area contributed by atoms with Crippen LogP contribution in [0.25, 0.3) is 0 Å². The van der Waals surface area contributed by atoms with Gasteiger partial charge < -0.3 is 9.47 Å². The molecular formula is C29H33F2NO3. The molecular weight excluding hydrogens is 448 g/mol. The van der Waals surface area contributed by atoms with E-state index in [2.05, 4.69) is 6.92 Å². The van der Waals surface area contributed by atoms with E-state index in [1.165, 1.54) is 69.2 Å². The van der Waals surface area contributed by atoms with Gasteiger partial charge in [0.2, 0.25) is 0 Å². The molecule has 0 aromatic heterocycles. The molecule has 0 atom stereocenters. The Balaban J connectivity index is 1.24. The van der Waals surface area contributed by atoms with Crippen LogP contribution in [0.4, 0.5) is 8.78 Å². The Morgan fingerprint density at radius 2 is 1.49 bits per heavy atom. The molecule has 0 heterocycles. The van der Waals surface area contributed by atoms with Crippen molar-refractivity contribution in [2.24, 2.45) is 23.7 Å². The maximum atomic E-state index is 14.6. The summed E-state index contributed by atoms with van der Waals surface area (Å²) in [6, 6.07) is 9.17. The number of nitrogens with zero attached hydrogens (tertiary/aromatic N) is 1. The van der Waals surface area contributed by atoms with E-state index < -0.39 is 17.6 Å². The molecule has 0 amide bonds. The summed E-state index contributed by atoms with van der Waals surface area (Å²) >= 11 is 0. The standard InChI is InChI=1S/C29H33F2NO3/c1-2-19-3-7-21(8-4-19)22-9-5-20(6-10-22)18-34-24-13-14-26(28(31)15-24)29(33)35-25-12-11-23(17-32)27(30)16-25/h11-16,19-22H,2-10,18H2,1H3. The van der Waals surface area contributed by atoms with Crippen LogP contribution in [0.15, 0.2) is 36.4 Å². The highest BCUT2D eigenvalue weighted by molar-refractivity contribution is 5.91. The quantitative estimate of drug-likeness (QED) is 0.304. The van der Waals surface area contributed by atoms with Gasteiger partial charge in [0, 0.05) is 12.1 Å². The fraction of sp³-hybridized carbons (Fsp3) is 0.517. The summed E-state index contributed by atoms with van der Waals surface area (Å²) in [5.74, 6) is 0.917. The second-order valence-corrected chi connectivity index (χ2v) is 10.1. The Morgan fingerprint density at radius 3 is 2.06 bits per heavy atom. The van der Waals surface area contributed by atoms with Crippen LogP contribution in [-0.4, -0.2) is 12.6 Å². The van der Waals surface area contributed by atoms with Crippen molar-refractivity contribution in [3.63, 3.8) is 0 Å². The van der Waals surface area contributed by atoms with Crippen molar-refractivity contribution in [1.82, 2.24) is 0 Å². The second kappa shape index (κ2) is 11.7. The van der Waals surface area contributed by atoms with Crippen LogP contribution in [0.3, 0.4) is 0 Å². The maximum Gasteiger partial charge on any atom is 0.346 e. The summed E-state index contributed by atoms with van der Waals surface area (Å²) in [6.07, 6.45) is 11.7. The van der Waals surface area contributed by atoms with Crippen molar-refractivity contribution < 1.29 is 23.0 Å². The fourth-order valence-corrected chi connectivity index (χ4v) is 5.67. The zero-order chi connectivity index (χ0) is 24.8. The van der Waals surface area contributed by atoms with Gasteiger partial charge in [0.1, 0.15) is 29.2 Å². The minimum absolute atomic E-state index is 0.0970. The van der Waals surface area contributed by atoms with Crippen LogP contribution in [0.5, 0.6) is 11.5 Å². The molecule has 186 valence electrons. The zero-order valence-electron chi connectivity index (χ0n) is 20.3. The Labute approximate surface area is 206 Å². The molecule has 2 aromatic rings. The van der Waals surface area contributed by atoms with Gasteiger partial charge in [0.25, 0.3) is 0 Å². The second-order valence-electron chi connectivity index (χ2n) is 10.1. The molecule has 4 nitrogen and oxygen atoms in total. The molecule has 0 N–H and O–H groups in total. The number of carbonyl (C=O) groups excluding carboxylic acids is 1. The summed E-state index contributed by atoms with van der Waals surface area (Å²) < 4.78 is 39.2. The SMILES string of the molecule is CCC1CCC(C2CCC(COc3ccc(C(=O)Oc4ccc(C#N)c(F)c4)c(F)c3)CC2)CC1. The molecule has 4 rings (SSSR count). The van der Waals surface area contributed by atoms with Crippen LogP contribution in [-0.2, 0) is 0 Å². The van der Waals surface area contributed by atoms with Crippen LogP contribution in [0, 0.1) is 46.6 Å². The minimum Gasteiger partial charge on any atom is -0.493 e. The molecule has 0 radical (unpaired) electrons. The smallest absolute Gasteiger partial charge is 0.346 e. The molecule has 0 unspecified atom stereocenters. The van der Waals surface area contributed by atoms with E-state index in [1.807, 2.05) is 0 Å². The van der Waals surface area contributed by atoms with Crippen molar-refractivity contribution in [3.05, 3.63) is 59.2 Å². The molecule has 2 aliphatic carbocycles. The van der Waals surface area contributed by atoms with E-state index in [9.17, 15) is 13.6 Å². The van der Waals surface area contributed by atoms with Crippen molar-refractivity contribution in [2.45, 2.75) is 64.7 Å². The van der Waals surface area contributed by atoms with Crippen molar-refractivity contribution in [1.29, 1.82) is 5.26 Å². The lowest BCUT2D eigenvalue weighted by molar-refractivity contribution is 0.0729. The third-order valence-electron chi connectivity index (χ3n) is 7.94. The molecule has 35 heavy (non-hydrogen) atoms. The fourth-order valence-electron chi connectivity index (χ4n) is 5.67. The third-order valence-corrected chi connectivity index (χ3v) is 7.94. The third kappa shape index (κ3) is 6.39. The van der Waals surface area contributed by atoms with E-state index >= 15 is 0 Å². The van der Waals surface area contributed by atoms with Gasteiger partial charge in [-0.25, -0.2) is 13.6 Å². The monoisotopic (exact) mass is 481 g/mol. The van der Waals surface area contributed by atoms with Gasteiger partial charge in [-0.05, 0) is 86.5 Å². The maximum absolute atomic E-state index is 14.6. The number of nitriles is 1. The van der Waals surface area contributed by atoms with E-state index in [1.54, 1.807) is 12.1 Å². The predicted molar refractivity (Wildman–Crippen MR) is 129 cm³/mol. The lowest BCUT2D eigenvalue weighted by Crippen LogP contribution is -2.27. The summed E-state index contributed by atoms with van der Waals surface area (Å²) in [5.41, 5.74) is -0.425. The molecule has 2 saturated carbocycles. The highest BCUT2D eigenvalue weighted by atomic mass is 19.1. The predicted octanol–water partition coefficient (Wildman–Crippen LogP) is 7.46. The molecule has 0 bridgehead atoms. The van der Waals surface area contributed by atoms with Crippen LogP contribution < -0.4 is 9.47 Å². The summed E-state index contributed by atoms with van der Waals surface area (Å²) in [4.78, 5) is 12.3. The molecule has 6 heteroatoms. The number of ether oxygens (including phenoxy) is 2. The highest BCUT2D eigenvalue weighted by Gasteiger charge is 2.30. The number of hydrogen-bond acceptors (Lipinski definition) is 4. The normalized spacial score (nSPS) is 24.4. The molecule has 2 fully saturated rings. The molecule has 2 aliphatic rings. The zero-order valence-corrected chi connectivity index (χ0v) is 20.3. The van der Waals surface area contributed by atoms with E-state index in [0.29, 0.717) is 18.3 Å². The lowest BCUT2D eigenvalue weighted by Gasteiger charge is -2.37. The van der Waals surface area contributed by atoms with Crippen molar-refractivity contribution in [3.8, 4) is 17.6 Å². The van der Waals surface area contributed by atoms with E-state index in [-0.39, 0.29) is 16.9 Å². The molecule has 2 aromatic carbocycles. The Bertz CT molecular complexity index is 1060. The topological polar surface area (TPSA) is 59.3 Å². The minimum atomic E-state index is -0.940. The number of benzene rings is 2. The van der Waals surface area contributed by atoms with Gasteiger partial charge in [-0.1, -0.05) is 26.2 Å². The van der Waals surface area contributed by atoms with Gasteiger partial charge in [-0.15, -0.1) is 0 Å². The first-order valence-corrected chi connectivity index (χ1v) is 12.8. The van der Waals surface area contributed by atoms with Crippen LogP contribution >= 0.6 is 0 Å². The highest BCUT2D eigenvalue weighted by Crippen LogP contribution is 2.42. The van der Waals surface area contributed by atoms with Gasteiger partial charge >= 0.3 is 5.97 Å². The number of esters is 1. The molecule has 0 aliphatic heterocycles. The summed E-state index contributed by atoms with van der Waals surface area (Å²) in [5, 5.41) is 8.78. The number of halogens is 2. The average molecular weight is 482 g/mol. The Hall–Kier alpha value is -2.94. The van der Waals surface area contributed by atoms with Crippen LogP contribution in [0.1, 0.15) is 80.6 Å².